The first-order valence-electron chi connectivity index (χ1n) is 10.9. The van der Waals surface area contributed by atoms with Crippen molar-refractivity contribution in [1.29, 1.82) is 0 Å². The molecule has 1 aromatic rings. The van der Waals surface area contributed by atoms with E-state index in [0.29, 0.717) is 24.3 Å². The number of hydrogen-bond acceptors (Lipinski definition) is 8. The van der Waals surface area contributed by atoms with E-state index in [1.54, 1.807) is 31.1 Å². The lowest BCUT2D eigenvalue weighted by atomic mass is 9.58. The van der Waals surface area contributed by atoms with Crippen LogP contribution in [0.4, 0.5) is 0 Å². The SMILES string of the molecule is CCCOc1cccc2c1C(=O)C1=C(O)[C@]3(O)C(=O)C(C(N)=O)=C(O)[C@@H](N(C)C)[C@@H]3C[C@@H]1C2. The molecule has 0 unspecified atom stereocenters. The van der Waals surface area contributed by atoms with E-state index in [1.165, 1.54) is 0 Å². The molecular formula is C24H28N2O7. The minimum absolute atomic E-state index is 0.0649. The normalized spacial score (nSPS) is 29.1. The number of Topliss-reactive ketones (excluding diaryl/α,β-unsaturated/α-hetero) is 2. The summed E-state index contributed by atoms with van der Waals surface area (Å²) in [7, 11) is 3.23. The number of aliphatic hydroxyl groups excluding tert-OH is 2. The molecule has 0 aliphatic heterocycles. The molecular weight excluding hydrogens is 428 g/mol. The number of primary amides is 1. The van der Waals surface area contributed by atoms with Gasteiger partial charge in [0.15, 0.2) is 11.4 Å². The van der Waals surface area contributed by atoms with Crippen LogP contribution in [0.5, 0.6) is 5.75 Å². The first-order valence-corrected chi connectivity index (χ1v) is 10.9. The van der Waals surface area contributed by atoms with E-state index in [1.807, 2.05) is 13.0 Å². The zero-order valence-corrected chi connectivity index (χ0v) is 18.8. The molecule has 0 aromatic heterocycles. The number of amides is 1. The summed E-state index contributed by atoms with van der Waals surface area (Å²) in [4.78, 5) is 40.4. The van der Waals surface area contributed by atoms with Crippen LogP contribution < -0.4 is 10.5 Å². The quantitative estimate of drug-likeness (QED) is 0.483. The maximum atomic E-state index is 13.6. The zero-order valence-electron chi connectivity index (χ0n) is 18.8. The van der Waals surface area contributed by atoms with Gasteiger partial charge >= 0.3 is 0 Å². The predicted octanol–water partition coefficient (Wildman–Crippen LogP) is 1.20. The van der Waals surface area contributed by atoms with Crippen molar-refractivity contribution in [3.05, 3.63) is 52.0 Å². The molecule has 33 heavy (non-hydrogen) atoms. The molecule has 1 amide bonds. The van der Waals surface area contributed by atoms with Crippen LogP contribution in [0.15, 0.2) is 40.9 Å². The van der Waals surface area contributed by atoms with Crippen LogP contribution in [0.25, 0.3) is 0 Å². The number of nitrogens with zero attached hydrogens (tertiary/aromatic N) is 1. The fraction of sp³-hybridized carbons (Fsp3) is 0.458. The van der Waals surface area contributed by atoms with Gasteiger partial charge in [0.1, 0.15) is 22.8 Å². The minimum atomic E-state index is -2.57. The number of aliphatic hydroxyl groups is 3. The Balaban J connectivity index is 1.91. The van der Waals surface area contributed by atoms with E-state index in [4.69, 9.17) is 10.5 Å². The molecule has 0 saturated heterocycles. The highest BCUT2D eigenvalue weighted by atomic mass is 16.5. The second kappa shape index (κ2) is 8.00. The number of rotatable bonds is 5. The molecule has 0 fully saturated rings. The number of likely N-dealkylation sites (N-methyl/N-ethyl adjacent to an activating group) is 1. The molecule has 9 nitrogen and oxygen atoms in total. The van der Waals surface area contributed by atoms with Crippen LogP contribution in [-0.4, -0.2) is 70.0 Å². The van der Waals surface area contributed by atoms with Crippen molar-refractivity contribution in [2.45, 2.75) is 37.8 Å². The Morgan fingerprint density at radius 1 is 1.27 bits per heavy atom. The molecule has 0 radical (unpaired) electrons. The van der Waals surface area contributed by atoms with Crippen LogP contribution in [0.2, 0.25) is 0 Å². The maximum Gasteiger partial charge on any atom is 0.255 e. The molecule has 4 rings (SSSR count). The molecule has 0 spiro atoms. The number of ketones is 2. The Kier molecular flexibility index (Phi) is 5.58. The maximum absolute atomic E-state index is 13.6. The number of fused-ring (bicyclic) bond motifs is 3. The van der Waals surface area contributed by atoms with Gasteiger partial charge in [-0.05, 0) is 50.9 Å². The summed E-state index contributed by atoms with van der Waals surface area (Å²) in [5.41, 5.74) is 2.99. The van der Waals surface area contributed by atoms with Gasteiger partial charge in [0.25, 0.3) is 5.91 Å². The molecule has 3 aliphatic rings. The van der Waals surface area contributed by atoms with Gasteiger partial charge in [-0.2, -0.15) is 0 Å². The lowest BCUT2D eigenvalue weighted by molar-refractivity contribution is -0.148. The van der Waals surface area contributed by atoms with Gasteiger partial charge < -0.3 is 25.8 Å². The molecule has 176 valence electrons. The Bertz CT molecular complexity index is 1120. The Labute approximate surface area is 191 Å². The molecule has 3 aliphatic carbocycles. The van der Waals surface area contributed by atoms with Crippen LogP contribution in [-0.2, 0) is 16.0 Å². The topological polar surface area (TPSA) is 150 Å². The van der Waals surface area contributed by atoms with Crippen LogP contribution >= 0.6 is 0 Å². The lowest BCUT2D eigenvalue weighted by Gasteiger charge is -2.50. The van der Waals surface area contributed by atoms with Gasteiger partial charge in [-0.1, -0.05) is 19.1 Å². The molecule has 9 heteroatoms. The summed E-state index contributed by atoms with van der Waals surface area (Å²) in [6, 6.07) is 4.32. The first-order chi connectivity index (χ1) is 15.5. The highest BCUT2D eigenvalue weighted by Gasteiger charge is 2.63. The number of ether oxygens (including phenoxy) is 1. The van der Waals surface area contributed by atoms with Gasteiger partial charge in [-0.15, -0.1) is 0 Å². The zero-order chi connectivity index (χ0) is 24.2. The number of carbonyl (C=O) groups is 3. The number of carbonyl (C=O) groups excluding carboxylic acids is 3. The Morgan fingerprint density at radius 3 is 2.58 bits per heavy atom. The molecule has 1 aromatic carbocycles. The number of allylic oxidation sites excluding steroid dienone is 1. The summed E-state index contributed by atoms with van der Waals surface area (Å²) in [5.74, 6) is -5.37. The molecule has 0 saturated carbocycles. The standard InChI is InChI=1S/C24H28N2O7/c1-4-8-33-14-7-5-6-11-9-12-10-13-18(26(2)3)20(28)17(23(25)31)22(30)24(13,32)21(29)16(12)19(27)15(11)14/h5-7,12-13,18,28-29,32H,4,8-10H2,1-3H3,(H2,25,31)/t12-,13-,18-,24-/m0/s1. The third kappa shape index (κ3) is 3.18. The third-order valence-electron chi connectivity index (χ3n) is 6.91. The highest BCUT2D eigenvalue weighted by Crippen LogP contribution is 2.52. The predicted molar refractivity (Wildman–Crippen MR) is 118 cm³/mol. The summed E-state index contributed by atoms with van der Waals surface area (Å²) in [6.45, 7) is 2.34. The summed E-state index contributed by atoms with van der Waals surface area (Å²) < 4.78 is 5.74. The van der Waals surface area contributed by atoms with Crippen molar-refractivity contribution >= 4 is 17.5 Å². The Morgan fingerprint density at radius 2 is 1.97 bits per heavy atom. The van der Waals surface area contributed by atoms with Crippen LogP contribution in [0.3, 0.4) is 0 Å². The van der Waals surface area contributed by atoms with E-state index >= 15 is 0 Å². The fourth-order valence-corrected chi connectivity index (χ4v) is 5.51. The summed E-state index contributed by atoms with van der Waals surface area (Å²) in [5, 5.41) is 33.6. The van der Waals surface area contributed by atoms with Crippen LogP contribution in [0, 0.1) is 11.8 Å². The van der Waals surface area contributed by atoms with Crippen molar-refractivity contribution in [3.63, 3.8) is 0 Å². The van der Waals surface area contributed by atoms with Crippen LogP contribution in [0.1, 0.15) is 35.7 Å². The lowest BCUT2D eigenvalue weighted by Crippen LogP contribution is -2.63. The summed E-state index contributed by atoms with van der Waals surface area (Å²) in [6.07, 6.45) is 1.26. The summed E-state index contributed by atoms with van der Waals surface area (Å²) >= 11 is 0. The van der Waals surface area contributed by atoms with E-state index < -0.39 is 58.0 Å². The molecule has 0 bridgehead atoms. The molecule has 0 heterocycles. The van der Waals surface area contributed by atoms with Gasteiger partial charge in [0.05, 0.1) is 18.2 Å². The third-order valence-corrected chi connectivity index (χ3v) is 6.91. The van der Waals surface area contributed by atoms with Crippen molar-refractivity contribution in [2.75, 3.05) is 20.7 Å². The Hall–Kier alpha value is -3.17. The van der Waals surface area contributed by atoms with Crippen molar-refractivity contribution in [1.82, 2.24) is 4.90 Å². The van der Waals surface area contributed by atoms with E-state index in [2.05, 4.69) is 0 Å². The second-order valence-corrected chi connectivity index (χ2v) is 9.10. The van der Waals surface area contributed by atoms with E-state index in [-0.39, 0.29) is 12.0 Å². The number of hydrogen-bond donors (Lipinski definition) is 4. The number of benzene rings is 1. The first kappa shape index (κ1) is 23.0. The highest BCUT2D eigenvalue weighted by molar-refractivity contribution is 6.24. The van der Waals surface area contributed by atoms with E-state index in [0.717, 1.165) is 12.0 Å². The second-order valence-electron chi connectivity index (χ2n) is 9.10. The molecule has 4 atom stereocenters. The monoisotopic (exact) mass is 456 g/mol. The minimum Gasteiger partial charge on any atom is -0.510 e. The average Bonchev–Trinajstić information content (AvgIpc) is 2.74. The van der Waals surface area contributed by atoms with Gasteiger partial charge in [0.2, 0.25) is 5.78 Å². The smallest absolute Gasteiger partial charge is 0.255 e. The average molecular weight is 456 g/mol. The largest absolute Gasteiger partial charge is 0.510 e. The number of nitrogens with two attached hydrogens (primary N) is 1. The van der Waals surface area contributed by atoms with E-state index in [9.17, 15) is 29.7 Å². The van der Waals surface area contributed by atoms with Gasteiger partial charge in [-0.25, -0.2) is 0 Å². The molecule has 5 N–H and O–H groups in total. The van der Waals surface area contributed by atoms with Crippen molar-refractivity contribution < 1.29 is 34.4 Å². The van der Waals surface area contributed by atoms with Gasteiger partial charge in [0, 0.05) is 11.5 Å². The van der Waals surface area contributed by atoms with Crippen molar-refractivity contribution in [3.8, 4) is 5.75 Å². The van der Waals surface area contributed by atoms with Crippen molar-refractivity contribution in [2.24, 2.45) is 17.6 Å². The van der Waals surface area contributed by atoms with Gasteiger partial charge in [-0.3, -0.25) is 19.3 Å². The fourth-order valence-electron chi connectivity index (χ4n) is 5.51.